The number of H-pyrrole nitrogens is 1. The first-order valence-corrected chi connectivity index (χ1v) is 6.55. The number of hydrogen-bond acceptors (Lipinski definition) is 3. The van der Waals surface area contributed by atoms with E-state index in [-0.39, 0.29) is 17.2 Å². The zero-order valence-corrected chi connectivity index (χ0v) is 10.3. The molecule has 0 bridgehead atoms. The number of aromatic amines is 1. The summed E-state index contributed by atoms with van der Waals surface area (Å²) >= 11 is 0. The van der Waals surface area contributed by atoms with Crippen molar-refractivity contribution >= 4 is 17.5 Å². The lowest BCUT2D eigenvalue weighted by molar-refractivity contribution is -0.134. The molecule has 3 rings (SSSR count). The molecule has 0 unspecified atom stereocenters. The summed E-state index contributed by atoms with van der Waals surface area (Å²) in [6.45, 7) is 0. The maximum atomic E-state index is 12.2. The SMILES string of the molecule is O=C1CC2(CCCCC2)CC(=O)N1c1cn[nH]c1. The van der Waals surface area contributed by atoms with Gasteiger partial charge in [0, 0.05) is 19.0 Å². The van der Waals surface area contributed by atoms with Crippen molar-refractivity contribution in [1.29, 1.82) is 0 Å². The zero-order chi connectivity index (χ0) is 12.6. The molecule has 18 heavy (non-hydrogen) atoms. The van der Waals surface area contributed by atoms with Crippen LogP contribution in [0.15, 0.2) is 12.4 Å². The van der Waals surface area contributed by atoms with Crippen molar-refractivity contribution in [1.82, 2.24) is 10.2 Å². The standard InChI is InChI=1S/C13H17N3O2/c17-11-6-13(4-2-1-3-5-13)7-12(18)16(11)10-8-14-15-9-10/h8-9H,1-7H2,(H,14,15). The molecular weight excluding hydrogens is 230 g/mol. The molecule has 2 amide bonds. The number of hydrogen-bond donors (Lipinski definition) is 1. The number of anilines is 1. The van der Waals surface area contributed by atoms with Gasteiger partial charge in [0.25, 0.3) is 0 Å². The third-order valence-corrected chi connectivity index (χ3v) is 4.21. The average molecular weight is 247 g/mol. The fourth-order valence-corrected chi connectivity index (χ4v) is 3.31. The van der Waals surface area contributed by atoms with Gasteiger partial charge in [-0.3, -0.25) is 14.7 Å². The topological polar surface area (TPSA) is 66.1 Å². The summed E-state index contributed by atoms with van der Waals surface area (Å²) in [5.74, 6) is -0.149. The van der Waals surface area contributed by atoms with Gasteiger partial charge in [0.1, 0.15) is 0 Å². The molecule has 5 nitrogen and oxygen atoms in total. The number of nitrogens with zero attached hydrogens (tertiary/aromatic N) is 2. The number of nitrogens with one attached hydrogen (secondary N) is 1. The molecule has 1 saturated carbocycles. The van der Waals surface area contributed by atoms with Crippen molar-refractivity contribution < 1.29 is 9.59 Å². The fraction of sp³-hybridized carbons (Fsp3) is 0.615. The predicted molar refractivity (Wildman–Crippen MR) is 65.8 cm³/mol. The fourth-order valence-electron chi connectivity index (χ4n) is 3.31. The third-order valence-electron chi connectivity index (χ3n) is 4.21. The highest BCUT2D eigenvalue weighted by molar-refractivity contribution is 6.16. The van der Waals surface area contributed by atoms with Gasteiger partial charge in [0.2, 0.25) is 11.8 Å². The molecule has 1 aromatic heterocycles. The second-order valence-corrected chi connectivity index (χ2v) is 5.49. The highest BCUT2D eigenvalue weighted by Gasteiger charge is 2.44. The molecule has 1 spiro atoms. The van der Waals surface area contributed by atoms with Gasteiger partial charge < -0.3 is 0 Å². The minimum atomic E-state index is -0.0745. The molecule has 1 saturated heterocycles. The molecule has 2 aliphatic rings. The minimum absolute atomic E-state index is 0.0490. The van der Waals surface area contributed by atoms with E-state index in [1.54, 1.807) is 6.20 Å². The van der Waals surface area contributed by atoms with Gasteiger partial charge in [-0.2, -0.15) is 5.10 Å². The lowest BCUT2D eigenvalue weighted by Gasteiger charge is -2.41. The number of piperidine rings is 1. The van der Waals surface area contributed by atoms with Crippen LogP contribution in [0, 0.1) is 5.41 Å². The Balaban J connectivity index is 1.83. The summed E-state index contributed by atoms with van der Waals surface area (Å²) in [5, 5.41) is 6.44. The van der Waals surface area contributed by atoms with Crippen LogP contribution in [0.25, 0.3) is 0 Å². The number of aromatic nitrogens is 2. The molecule has 1 aromatic rings. The molecule has 1 N–H and O–H groups in total. The number of carbonyl (C=O) groups excluding carboxylic acids is 2. The molecule has 0 aromatic carbocycles. The van der Waals surface area contributed by atoms with Crippen LogP contribution in [0.5, 0.6) is 0 Å². The number of rotatable bonds is 1. The average Bonchev–Trinajstić information content (AvgIpc) is 2.82. The first-order chi connectivity index (χ1) is 8.70. The summed E-state index contributed by atoms with van der Waals surface area (Å²) in [6.07, 6.45) is 9.68. The molecular formula is C13H17N3O2. The second kappa shape index (κ2) is 4.23. The summed E-state index contributed by atoms with van der Waals surface area (Å²) in [5.41, 5.74) is 0.516. The number of amides is 2. The van der Waals surface area contributed by atoms with Gasteiger partial charge >= 0.3 is 0 Å². The minimum Gasteiger partial charge on any atom is -0.284 e. The summed E-state index contributed by atoms with van der Waals surface area (Å²) in [4.78, 5) is 25.8. The molecule has 0 radical (unpaired) electrons. The van der Waals surface area contributed by atoms with Crippen molar-refractivity contribution in [2.45, 2.75) is 44.9 Å². The summed E-state index contributed by atoms with van der Waals surface area (Å²) < 4.78 is 0. The summed E-state index contributed by atoms with van der Waals surface area (Å²) in [7, 11) is 0. The summed E-state index contributed by atoms with van der Waals surface area (Å²) in [6, 6.07) is 0. The third kappa shape index (κ3) is 1.83. The van der Waals surface area contributed by atoms with E-state index in [0.29, 0.717) is 18.5 Å². The van der Waals surface area contributed by atoms with Crippen molar-refractivity contribution in [3.05, 3.63) is 12.4 Å². The van der Waals surface area contributed by atoms with Gasteiger partial charge in [0.15, 0.2) is 0 Å². The first-order valence-electron chi connectivity index (χ1n) is 6.55. The van der Waals surface area contributed by atoms with E-state index in [4.69, 9.17) is 0 Å². The van der Waals surface area contributed by atoms with E-state index >= 15 is 0 Å². The van der Waals surface area contributed by atoms with Crippen LogP contribution >= 0.6 is 0 Å². The highest BCUT2D eigenvalue weighted by atomic mass is 16.2. The number of imide groups is 1. The Morgan fingerprint density at radius 2 is 1.78 bits per heavy atom. The van der Waals surface area contributed by atoms with Gasteiger partial charge in [-0.25, -0.2) is 4.90 Å². The zero-order valence-electron chi connectivity index (χ0n) is 10.3. The molecule has 1 aliphatic carbocycles. The van der Waals surface area contributed by atoms with Gasteiger partial charge in [0.05, 0.1) is 11.9 Å². The van der Waals surface area contributed by atoms with E-state index in [0.717, 1.165) is 25.7 Å². The molecule has 2 fully saturated rings. The van der Waals surface area contributed by atoms with E-state index in [1.165, 1.54) is 17.5 Å². The Hall–Kier alpha value is -1.65. The quantitative estimate of drug-likeness (QED) is 0.772. The van der Waals surface area contributed by atoms with E-state index in [2.05, 4.69) is 10.2 Å². The largest absolute Gasteiger partial charge is 0.284 e. The normalized spacial score (nSPS) is 23.7. The first kappa shape index (κ1) is 11.4. The smallest absolute Gasteiger partial charge is 0.234 e. The monoisotopic (exact) mass is 247 g/mol. The molecule has 96 valence electrons. The van der Waals surface area contributed by atoms with Crippen molar-refractivity contribution in [2.75, 3.05) is 4.90 Å². The van der Waals surface area contributed by atoms with Crippen molar-refractivity contribution in [3.8, 4) is 0 Å². The molecule has 0 atom stereocenters. The Morgan fingerprint density at radius 3 is 2.33 bits per heavy atom. The van der Waals surface area contributed by atoms with Gasteiger partial charge in [-0.1, -0.05) is 19.3 Å². The van der Waals surface area contributed by atoms with Crippen LogP contribution < -0.4 is 4.90 Å². The van der Waals surface area contributed by atoms with Crippen LogP contribution in [-0.2, 0) is 9.59 Å². The van der Waals surface area contributed by atoms with Gasteiger partial charge in [-0.05, 0) is 18.3 Å². The lowest BCUT2D eigenvalue weighted by Crippen LogP contribution is -2.48. The van der Waals surface area contributed by atoms with E-state index < -0.39 is 0 Å². The molecule has 5 heteroatoms. The van der Waals surface area contributed by atoms with Gasteiger partial charge in [-0.15, -0.1) is 0 Å². The van der Waals surface area contributed by atoms with E-state index in [1.807, 2.05) is 0 Å². The van der Waals surface area contributed by atoms with Crippen LogP contribution in [0.3, 0.4) is 0 Å². The Morgan fingerprint density at radius 1 is 1.11 bits per heavy atom. The number of carbonyl (C=O) groups is 2. The van der Waals surface area contributed by atoms with Crippen LogP contribution in [0.1, 0.15) is 44.9 Å². The van der Waals surface area contributed by atoms with Crippen LogP contribution in [0.2, 0.25) is 0 Å². The van der Waals surface area contributed by atoms with Crippen LogP contribution in [-0.4, -0.2) is 22.0 Å². The van der Waals surface area contributed by atoms with Crippen molar-refractivity contribution in [2.24, 2.45) is 5.41 Å². The Kier molecular flexibility index (Phi) is 2.69. The van der Waals surface area contributed by atoms with Crippen LogP contribution in [0.4, 0.5) is 5.69 Å². The second-order valence-electron chi connectivity index (χ2n) is 5.49. The molecule has 1 aliphatic heterocycles. The highest BCUT2D eigenvalue weighted by Crippen LogP contribution is 2.45. The lowest BCUT2D eigenvalue weighted by atomic mass is 9.67. The maximum absolute atomic E-state index is 12.2. The maximum Gasteiger partial charge on any atom is 0.234 e. The Labute approximate surface area is 106 Å². The Bertz CT molecular complexity index is 441. The van der Waals surface area contributed by atoms with E-state index in [9.17, 15) is 9.59 Å². The molecule has 2 heterocycles. The predicted octanol–water partition coefficient (Wildman–Crippen LogP) is 2.01. The van der Waals surface area contributed by atoms with Crippen molar-refractivity contribution in [3.63, 3.8) is 0 Å².